The molecule has 1 aliphatic heterocycles. The first-order valence-corrected chi connectivity index (χ1v) is 7.14. The van der Waals surface area contributed by atoms with E-state index >= 15 is 0 Å². The Kier molecular flexibility index (Phi) is 4.04. The number of hydrogen-bond donors (Lipinski definition) is 4. The Balaban J connectivity index is 2.07. The largest absolute Gasteiger partial charge is 0.385 e. The van der Waals surface area contributed by atoms with Crippen LogP contribution in [-0.2, 0) is 9.47 Å². The molecule has 24 heavy (non-hydrogen) atoms. The van der Waals surface area contributed by atoms with Crippen LogP contribution in [0.2, 0.25) is 0 Å². The van der Waals surface area contributed by atoms with Crippen molar-refractivity contribution in [3.05, 3.63) is 10.4 Å². The highest BCUT2D eigenvalue weighted by Gasteiger charge is 2.56. The number of nitrogen functional groups attached to an aromatic ring is 1. The molecule has 12 heteroatoms. The summed E-state index contributed by atoms with van der Waals surface area (Å²) in [6.45, 7) is 5.15. The van der Waals surface area contributed by atoms with E-state index < -0.39 is 29.8 Å². The molecule has 0 unspecified atom stereocenters. The maximum absolute atomic E-state index is 11.8. The molecule has 3 rings (SSSR count). The van der Waals surface area contributed by atoms with Gasteiger partial charge in [0.15, 0.2) is 17.4 Å². The van der Waals surface area contributed by atoms with Gasteiger partial charge < -0.3 is 25.4 Å². The van der Waals surface area contributed by atoms with E-state index in [2.05, 4.69) is 32.0 Å². The van der Waals surface area contributed by atoms with Gasteiger partial charge in [-0.05, 0) is 13.6 Å². The first-order valence-electron chi connectivity index (χ1n) is 7.14. The zero-order valence-electron chi connectivity index (χ0n) is 12.8. The SMILES string of the molecule is C=NC[C@]1(OCC)O[C@@H](n2nnc3c(=O)[nH]c(N)nc32)[C@H](O)[C@@H]1O. The van der Waals surface area contributed by atoms with Gasteiger partial charge in [0.2, 0.25) is 11.7 Å². The quantitative estimate of drug-likeness (QED) is 0.440. The van der Waals surface area contributed by atoms with Crippen LogP contribution in [0, 0.1) is 0 Å². The third kappa shape index (κ3) is 2.36. The molecule has 0 aliphatic carbocycles. The van der Waals surface area contributed by atoms with Gasteiger partial charge in [-0.25, -0.2) is 0 Å². The van der Waals surface area contributed by atoms with Crippen LogP contribution in [0.15, 0.2) is 9.79 Å². The highest BCUT2D eigenvalue weighted by Crippen LogP contribution is 2.38. The number of anilines is 1. The molecule has 0 amide bonds. The molecule has 2 aromatic heterocycles. The maximum atomic E-state index is 11.8. The standard InChI is InChI=1S/C12H17N7O5/c1-3-23-12(4-14-2)7(21)6(20)10(24-12)19-8-5(17-18-19)9(22)16-11(13)15-8/h6-7,10,20-21H,2-4H2,1H3,(H3,13,15,16,22)/t6-,7+,10-,12+/m1/s1. The Bertz CT molecular complexity index is 820. The summed E-state index contributed by atoms with van der Waals surface area (Å²) >= 11 is 0. The van der Waals surface area contributed by atoms with Crippen LogP contribution in [0.3, 0.4) is 0 Å². The molecule has 1 fully saturated rings. The van der Waals surface area contributed by atoms with Gasteiger partial charge in [0, 0.05) is 6.61 Å². The van der Waals surface area contributed by atoms with Crippen LogP contribution in [0.25, 0.3) is 11.2 Å². The predicted octanol–water partition coefficient (Wildman–Crippen LogP) is -2.22. The molecule has 1 aliphatic rings. The Morgan fingerprint density at radius 1 is 1.58 bits per heavy atom. The van der Waals surface area contributed by atoms with Gasteiger partial charge in [-0.3, -0.25) is 14.8 Å². The molecule has 0 aromatic carbocycles. The number of H-pyrrole nitrogens is 1. The summed E-state index contributed by atoms with van der Waals surface area (Å²) < 4.78 is 12.2. The van der Waals surface area contributed by atoms with E-state index in [9.17, 15) is 15.0 Å². The van der Waals surface area contributed by atoms with Crippen LogP contribution in [0.5, 0.6) is 0 Å². The molecule has 12 nitrogen and oxygen atoms in total. The van der Waals surface area contributed by atoms with Gasteiger partial charge in [-0.2, -0.15) is 9.67 Å². The van der Waals surface area contributed by atoms with Gasteiger partial charge in [0.25, 0.3) is 5.56 Å². The highest BCUT2D eigenvalue weighted by molar-refractivity contribution is 5.69. The number of aliphatic hydroxyl groups is 2. The molecule has 0 bridgehead atoms. The Hall–Kier alpha value is -2.41. The minimum Gasteiger partial charge on any atom is -0.385 e. The highest BCUT2D eigenvalue weighted by atomic mass is 16.7. The van der Waals surface area contributed by atoms with Crippen LogP contribution in [0.4, 0.5) is 5.95 Å². The zero-order valence-corrected chi connectivity index (χ0v) is 12.8. The number of nitrogens with zero attached hydrogens (tertiary/aromatic N) is 5. The lowest BCUT2D eigenvalue weighted by Crippen LogP contribution is -2.48. The molecule has 5 N–H and O–H groups in total. The van der Waals surface area contributed by atoms with Crippen molar-refractivity contribution < 1.29 is 19.7 Å². The fourth-order valence-electron chi connectivity index (χ4n) is 2.68. The number of aliphatic hydroxyl groups excluding tert-OH is 2. The second kappa shape index (κ2) is 5.90. The molecule has 2 aromatic rings. The van der Waals surface area contributed by atoms with Crippen molar-refractivity contribution in [1.29, 1.82) is 0 Å². The van der Waals surface area contributed by atoms with Crippen LogP contribution in [-0.4, -0.2) is 73.0 Å². The predicted molar refractivity (Wildman–Crippen MR) is 81.3 cm³/mol. The van der Waals surface area contributed by atoms with Gasteiger partial charge in [-0.15, -0.1) is 5.10 Å². The second-order valence-electron chi connectivity index (χ2n) is 5.23. The van der Waals surface area contributed by atoms with Crippen LogP contribution in [0.1, 0.15) is 13.2 Å². The summed E-state index contributed by atoms with van der Waals surface area (Å²) in [4.78, 5) is 21.7. The van der Waals surface area contributed by atoms with Crippen molar-refractivity contribution in [2.75, 3.05) is 18.9 Å². The minimum atomic E-state index is -1.59. The summed E-state index contributed by atoms with van der Waals surface area (Å²) in [5.41, 5.74) is 4.87. The summed E-state index contributed by atoms with van der Waals surface area (Å²) in [6.07, 6.45) is -4.05. The summed E-state index contributed by atoms with van der Waals surface area (Å²) in [5.74, 6) is -1.74. The number of ether oxygens (including phenoxy) is 2. The van der Waals surface area contributed by atoms with Crippen molar-refractivity contribution in [2.24, 2.45) is 4.99 Å². The van der Waals surface area contributed by atoms with Gasteiger partial charge >= 0.3 is 0 Å². The molecule has 0 spiro atoms. The average molecular weight is 339 g/mol. The van der Waals surface area contributed by atoms with Gasteiger partial charge in [0.05, 0.1) is 6.54 Å². The fraction of sp³-hybridized carbons (Fsp3) is 0.583. The molecule has 4 atom stereocenters. The minimum absolute atomic E-state index is 0.00589. The first-order chi connectivity index (χ1) is 11.4. The van der Waals surface area contributed by atoms with Crippen LogP contribution >= 0.6 is 0 Å². The Morgan fingerprint density at radius 3 is 3.00 bits per heavy atom. The van der Waals surface area contributed by atoms with Crippen molar-refractivity contribution in [1.82, 2.24) is 25.0 Å². The lowest BCUT2D eigenvalue weighted by Gasteiger charge is -2.29. The van der Waals surface area contributed by atoms with E-state index in [1.165, 1.54) is 0 Å². The van der Waals surface area contributed by atoms with Crippen molar-refractivity contribution in [3.63, 3.8) is 0 Å². The molecule has 130 valence electrons. The van der Waals surface area contributed by atoms with E-state index in [0.29, 0.717) is 0 Å². The average Bonchev–Trinajstić information content (AvgIpc) is 3.04. The lowest BCUT2D eigenvalue weighted by atomic mass is 10.1. The summed E-state index contributed by atoms with van der Waals surface area (Å²) in [5, 5.41) is 28.2. The number of nitrogens with one attached hydrogen (secondary N) is 1. The van der Waals surface area contributed by atoms with Crippen LogP contribution < -0.4 is 11.3 Å². The number of hydrogen-bond acceptors (Lipinski definition) is 10. The monoisotopic (exact) mass is 339 g/mol. The molecule has 3 heterocycles. The number of aliphatic imine (C=N–C) groups is 1. The van der Waals surface area contributed by atoms with Crippen molar-refractivity contribution >= 4 is 23.8 Å². The van der Waals surface area contributed by atoms with E-state index in [1.807, 2.05) is 0 Å². The number of nitrogens with two attached hydrogens (primary N) is 1. The number of aromatic amines is 1. The van der Waals surface area contributed by atoms with E-state index in [1.54, 1.807) is 6.92 Å². The summed E-state index contributed by atoms with van der Waals surface area (Å²) in [7, 11) is 0. The molecule has 0 radical (unpaired) electrons. The zero-order chi connectivity index (χ0) is 17.5. The third-order valence-corrected chi connectivity index (χ3v) is 3.70. The van der Waals surface area contributed by atoms with Crippen molar-refractivity contribution in [3.8, 4) is 0 Å². The van der Waals surface area contributed by atoms with Gasteiger partial charge in [-0.1, -0.05) is 5.21 Å². The number of fused-ring (bicyclic) bond motifs is 1. The number of rotatable bonds is 5. The molecular formula is C12H17N7O5. The third-order valence-electron chi connectivity index (χ3n) is 3.70. The molecular weight excluding hydrogens is 322 g/mol. The lowest BCUT2D eigenvalue weighted by molar-refractivity contribution is -0.258. The topological polar surface area (TPSA) is 174 Å². The molecule has 0 saturated carbocycles. The van der Waals surface area contributed by atoms with Gasteiger partial charge in [0.1, 0.15) is 12.2 Å². The van der Waals surface area contributed by atoms with E-state index in [4.69, 9.17) is 15.2 Å². The normalized spacial score (nSPS) is 30.0. The summed E-state index contributed by atoms with van der Waals surface area (Å²) in [6, 6.07) is 0. The number of aromatic nitrogens is 5. The van der Waals surface area contributed by atoms with E-state index in [0.717, 1.165) is 4.68 Å². The maximum Gasteiger partial charge on any atom is 0.282 e. The smallest absolute Gasteiger partial charge is 0.282 e. The van der Waals surface area contributed by atoms with Crippen molar-refractivity contribution in [2.45, 2.75) is 31.1 Å². The first kappa shape index (κ1) is 16.4. The Morgan fingerprint density at radius 2 is 2.33 bits per heavy atom. The second-order valence-corrected chi connectivity index (χ2v) is 5.23. The molecule has 1 saturated heterocycles. The van der Waals surface area contributed by atoms with E-state index in [-0.39, 0.29) is 30.3 Å². The Labute approximate surface area is 134 Å². The fourth-order valence-corrected chi connectivity index (χ4v) is 2.68.